The van der Waals surface area contributed by atoms with Crippen LogP contribution in [0.5, 0.6) is 11.6 Å². The molecule has 24 heavy (non-hydrogen) atoms. The number of nitrogen functional groups attached to an aromatic ring is 1. The lowest BCUT2D eigenvalue weighted by Gasteiger charge is -2.12. The van der Waals surface area contributed by atoms with Gasteiger partial charge in [0.1, 0.15) is 16.9 Å². The van der Waals surface area contributed by atoms with E-state index in [2.05, 4.69) is 9.72 Å². The summed E-state index contributed by atoms with van der Waals surface area (Å²) in [6.07, 6.45) is -1.74. The Bertz CT molecular complexity index is 884. The molecule has 0 radical (unpaired) electrons. The summed E-state index contributed by atoms with van der Waals surface area (Å²) >= 11 is 5.75. The van der Waals surface area contributed by atoms with Crippen LogP contribution in [-0.4, -0.2) is 23.4 Å². The van der Waals surface area contributed by atoms with Crippen LogP contribution >= 0.6 is 11.6 Å². The average molecular weight is 356 g/mol. The minimum Gasteiger partial charge on any atom is -0.492 e. The van der Waals surface area contributed by atoms with Gasteiger partial charge in [-0.15, -0.1) is 0 Å². The van der Waals surface area contributed by atoms with Crippen molar-refractivity contribution in [2.75, 3.05) is 12.8 Å². The summed E-state index contributed by atoms with van der Waals surface area (Å²) in [5, 5.41) is 17.2. The summed E-state index contributed by atoms with van der Waals surface area (Å²) in [6, 6.07) is 3.37. The van der Waals surface area contributed by atoms with Gasteiger partial charge in [0, 0.05) is 0 Å². The van der Waals surface area contributed by atoms with Gasteiger partial charge in [0.2, 0.25) is 5.88 Å². The molecular weight excluding hydrogens is 348 g/mol. The van der Waals surface area contributed by atoms with Gasteiger partial charge in [-0.05, 0) is 12.1 Å². The summed E-state index contributed by atoms with van der Waals surface area (Å²) in [7, 11) is 1.10. The van der Waals surface area contributed by atoms with Gasteiger partial charge in [0.05, 0.1) is 29.6 Å². The number of hydrogen-bond acceptors (Lipinski definition) is 6. The fraction of sp³-hybridized carbons (Fsp3) is 0.0714. The molecule has 0 saturated carbocycles. The Labute approximate surface area is 138 Å². The molecule has 1 heterocycles. The lowest BCUT2D eigenvalue weighted by molar-refractivity contribution is 0.142. The van der Waals surface area contributed by atoms with Crippen molar-refractivity contribution < 1.29 is 28.2 Å². The molecule has 3 N–H and O–H groups in total. The van der Waals surface area contributed by atoms with Crippen LogP contribution in [0.2, 0.25) is 5.02 Å². The van der Waals surface area contributed by atoms with Crippen LogP contribution in [0.15, 0.2) is 12.1 Å². The Balaban J connectivity index is 2.75. The SMILES string of the molecule is COc1c(C#N)cc(F)c(-c2cc(N)c(Cl)c(OC(=O)O)n2)c1F. The standard InChI is InChI=1S/C14H8ClF2N3O4/c1-23-12-5(4-18)2-6(16)9(11(12)17)8-3-7(19)10(15)13(20-8)24-14(21)22/h2-3H,1H3,(H2,19,20)(H,21,22). The first-order valence-electron chi connectivity index (χ1n) is 6.13. The quantitative estimate of drug-likeness (QED) is 0.811. The Morgan fingerprint density at radius 3 is 2.67 bits per heavy atom. The van der Waals surface area contributed by atoms with E-state index in [-0.39, 0.29) is 22.0 Å². The minimum atomic E-state index is -1.74. The van der Waals surface area contributed by atoms with Gasteiger partial charge in [-0.2, -0.15) is 5.26 Å². The molecule has 0 aliphatic rings. The van der Waals surface area contributed by atoms with Crippen LogP contribution in [0.1, 0.15) is 5.56 Å². The maximum atomic E-state index is 14.5. The number of nitriles is 1. The van der Waals surface area contributed by atoms with E-state index in [9.17, 15) is 13.6 Å². The Hall–Kier alpha value is -3.12. The van der Waals surface area contributed by atoms with Crippen LogP contribution in [-0.2, 0) is 0 Å². The van der Waals surface area contributed by atoms with Crippen LogP contribution in [0.3, 0.4) is 0 Å². The van der Waals surface area contributed by atoms with Crippen LogP contribution in [0.25, 0.3) is 11.3 Å². The summed E-state index contributed by atoms with van der Waals surface area (Å²) in [4.78, 5) is 14.3. The lowest BCUT2D eigenvalue weighted by Crippen LogP contribution is -2.07. The molecule has 7 nitrogen and oxygen atoms in total. The highest BCUT2D eigenvalue weighted by Crippen LogP contribution is 2.38. The third-order valence-corrected chi connectivity index (χ3v) is 3.27. The molecule has 10 heteroatoms. The Kier molecular flexibility index (Phi) is 4.71. The van der Waals surface area contributed by atoms with Crippen molar-refractivity contribution in [1.82, 2.24) is 4.98 Å². The fourth-order valence-corrected chi connectivity index (χ4v) is 2.06. The van der Waals surface area contributed by atoms with Crippen molar-refractivity contribution in [3.8, 4) is 29.0 Å². The van der Waals surface area contributed by atoms with Crippen molar-refractivity contribution in [3.05, 3.63) is 34.4 Å². The van der Waals surface area contributed by atoms with Crippen molar-refractivity contribution in [2.45, 2.75) is 0 Å². The first-order valence-corrected chi connectivity index (χ1v) is 6.51. The molecule has 0 saturated heterocycles. The Morgan fingerprint density at radius 2 is 2.12 bits per heavy atom. The molecule has 1 aromatic heterocycles. The number of carbonyl (C=O) groups is 1. The number of anilines is 1. The molecule has 0 bridgehead atoms. The summed E-state index contributed by atoms with van der Waals surface area (Å²) < 4.78 is 37.8. The number of rotatable bonds is 3. The van der Waals surface area contributed by atoms with Crippen LogP contribution in [0, 0.1) is 23.0 Å². The molecule has 0 atom stereocenters. The highest BCUT2D eigenvalue weighted by molar-refractivity contribution is 6.34. The number of halogens is 3. The molecule has 0 aliphatic heterocycles. The van der Waals surface area contributed by atoms with E-state index in [0.29, 0.717) is 0 Å². The molecule has 2 rings (SSSR count). The number of hydrogen-bond donors (Lipinski definition) is 2. The van der Waals surface area contributed by atoms with Crippen molar-refractivity contribution >= 4 is 23.4 Å². The van der Waals surface area contributed by atoms with Gasteiger partial charge in [0.15, 0.2) is 11.6 Å². The molecule has 1 aromatic carbocycles. The summed E-state index contributed by atoms with van der Waals surface area (Å²) in [6.45, 7) is 0. The van der Waals surface area contributed by atoms with Gasteiger partial charge in [-0.25, -0.2) is 18.6 Å². The molecule has 0 amide bonds. The van der Waals surface area contributed by atoms with Crippen LogP contribution < -0.4 is 15.2 Å². The van der Waals surface area contributed by atoms with Crippen molar-refractivity contribution in [1.29, 1.82) is 5.26 Å². The van der Waals surface area contributed by atoms with E-state index in [4.69, 9.17) is 32.4 Å². The smallest absolute Gasteiger partial charge is 0.492 e. The summed E-state index contributed by atoms with van der Waals surface area (Å²) in [5.41, 5.74) is 3.96. The van der Waals surface area contributed by atoms with E-state index in [1.54, 1.807) is 6.07 Å². The summed E-state index contributed by atoms with van der Waals surface area (Å²) in [5.74, 6) is -3.46. The van der Waals surface area contributed by atoms with Gasteiger partial charge in [-0.3, -0.25) is 0 Å². The second-order valence-corrected chi connectivity index (χ2v) is 4.70. The van der Waals surface area contributed by atoms with Gasteiger partial charge in [0.25, 0.3) is 0 Å². The molecule has 0 aliphatic carbocycles. The zero-order valence-corrected chi connectivity index (χ0v) is 12.7. The molecule has 0 unspecified atom stereocenters. The zero-order chi connectivity index (χ0) is 18.0. The lowest BCUT2D eigenvalue weighted by atomic mass is 10.1. The number of benzene rings is 1. The first-order chi connectivity index (χ1) is 11.3. The second-order valence-electron chi connectivity index (χ2n) is 4.32. The maximum Gasteiger partial charge on any atom is 0.512 e. The number of nitrogens with two attached hydrogens (primary N) is 1. The van der Waals surface area contributed by atoms with E-state index in [1.807, 2.05) is 0 Å². The number of pyridine rings is 1. The Morgan fingerprint density at radius 1 is 1.46 bits per heavy atom. The molecular formula is C14H8ClF2N3O4. The number of nitrogens with zero attached hydrogens (tertiary/aromatic N) is 2. The monoisotopic (exact) mass is 355 g/mol. The molecule has 124 valence electrons. The third kappa shape index (κ3) is 3.00. The topological polar surface area (TPSA) is 118 Å². The van der Waals surface area contributed by atoms with Gasteiger partial charge >= 0.3 is 6.16 Å². The molecule has 0 fully saturated rings. The first kappa shape index (κ1) is 17.2. The molecule has 0 spiro atoms. The highest BCUT2D eigenvalue weighted by Gasteiger charge is 2.24. The normalized spacial score (nSPS) is 10.1. The van der Waals surface area contributed by atoms with Gasteiger partial charge in [-0.1, -0.05) is 11.6 Å². The predicted molar refractivity (Wildman–Crippen MR) is 78.9 cm³/mol. The van der Waals surface area contributed by atoms with E-state index in [1.165, 1.54) is 0 Å². The van der Waals surface area contributed by atoms with Crippen LogP contribution in [0.4, 0.5) is 19.3 Å². The van der Waals surface area contributed by atoms with E-state index < -0.39 is 35.0 Å². The number of carboxylic acid groups (broad SMARTS) is 1. The predicted octanol–water partition coefficient (Wildman–Crippen LogP) is 3.20. The largest absolute Gasteiger partial charge is 0.512 e. The second kappa shape index (κ2) is 6.55. The number of methoxy groups -OCH3 is 1. The van der Waals surface area contributed by atoms with Gasteiger partial charge < -0.3 is 20.3 Å². The average Bonchev–Trinajstić information content (AvgIpc) is 2.51. The van der Waals surface area contributed by atoms with E-state index >= 15 is 0 Å². The number of ether oxygens (including phenoxy) is 2. The number of aromatic nitrogens is 1. The maximum absolute atomic E-state index is 14.5. The van der Waals surface area contributed by atoms with E-state index in [0.717, 1.165) is 19.2 Å². The third-order valence-electron chi connectivity index (χ3n) is 2.89. The highest BCUT2D eigenvalue weighted by atomic mass is 35.5. The minimum absolute atomic E-state index is 0.208. The molecule has 2 aromatic rings. The fourth-order valence-electron chi connectivity index (χ4n) is 1.92. The van der Waals surface area contributed by atoms with Crippen molar-refractivity contribution in [3.63, 3.8) is 0 Å². The van der Waals surface area contributed by atoms with Crippen molar-refractivity contribution in [2.24, 2.45) is 0 Å². The zero-order valence-electron chi connectivity index (χ0n) is 11.9.